The summed E-state index contributed by atoms with van der Waals surface area (Å²) in [7, 11) is 0. The van der Waals surface area contributed by atoms with Gasteiger partial charge in [-0.1, -0.05) is 0 Å². The van der Waals surface area contributed by atoms with Crippen LogP contribution in [0.3, 0.4) is 0 Å². The molecular formula is C15H18N4O2. The maximum atomic E-state index is 11.7. The number of amides is 1. The number of hydrogen-bond donors (Lipinski definition) is 2. The molecule has 110 valence electrons. The van der Waals surface area contributed by atoms with E-state index in [-0.39, 0.29) is 11.6 Å². The number of rotatable bonds is 1. The van der Waals surface area contributed by atoms with E-state index < -0.39 is 0 Å². The number of fused-ring (bicyclic) bond motifs is 3. The molecule has 2 saturated heterocycles. The zero-order chi connectivity index (χ0) is 14.6. The van der Waals surface area contributed by atoms with E-state index in [0.29, 0.717) is 12.1 Å². The molecule has 1 amide bonds. The standard InChI is InChI=1S/C15H18N4O2/c1-9(20)19-11-2-3-12(19)8-18(7-11)10-4-5-13-14(6-10)17-15(21)16-13/h4-6,11-12H,2-3,7-8H2,1H3,(H2,16,17,21)/t11-,12+. The highest BCUT2D eigenvalue weighted by Gasteiger charge is 2.41. The molecule has 0 spiro atoms. The van der Waals surface area contributed by atoms with Gasteiger partial charge in [0.15, 0.2) is 0 Å². The molecule has 3 heterocycles. The lowest BCUT2D eigenvalue weighted by atomic mass is 10.1. The van der Waals surface area contributed by atoms with Crippen LogP contribution in [0, 0.1) is 0 Å². The number of aromatic nitrogens is 2. The summed E-state index contributed by atoms with van der Waals surface area (Å²) in [5.41, 5.74) is 2.59. The SMILES string of the molecule is CC(=O)N1[C@@H]2CC[C@H]1CN(c1ccc3[nH]c(=O)[nH]c3c1)C2. The van der Waals surface area contributed by atoms with E-state index in [0.717, 1.165) is 42.7 Å². The zero-order valence-electron chi connectivity index (χ0n) is 11.9. The second kappa shape index (κ2) is 4.38. The molecule has 0 saturated carbocycles. The Morgan fingerprint density at radius 1 is 1.14 bits per heavy atom. The van der Waals surface area contributed by atoms with Crippen LogP contribution in [0.4, 0.5) is 5.69 Å². The zero-order valence-corrected chi connectivity index (χ0v) is 11.9. The van der Waals surface area contributed by atoms with Gasteiger partial charge < -0.3 is 19.8 Å². The van der Waals surface area contributed by atoms with Crippen molar-refractivity contribution < 1.29 is 4.79 Å². The van der Waals surface area contributed by atoms with Crippen LogP contribution in [0.2, 0.25) is 0 Å². The molecule has 2 bridgehead atoms. The molecule has 2 fully saturated rings. The number of anilines is 1. The molecule has 2 N–H and O–H groups in total. The van der Waals surface area contributed by atoms with Gasteiger partial charge in [-0.05, 0) is 31.0 Å². The van der Waals surface area contributed by atoms with Crippen molar-refractivity contribution in [1.29, 1.82) is 0 Å². The maximum Gasteiger partial charge on any atom is 0.323 e. The van der Waals surface area contributed by atoms with Crippen molar-refractivity contribution in [3.63, 3.8) is 0 Å². The number of piperazine rings is 1. The maximum absolute atomic E-state index is 11.7. The van der Waals surface area contributed by atoms with Crippen LogP contribution in [0.1, 0.15) is 19.8 Å². The summed E-state index contributed by atoms with van der Waals surface area (Å²) in [5, 5.41) is 0. The first-order valence-corrected chi connectivity index (χ1v) is 7.38. The van der Waals surface area contributed by atoms with Crippen LogP contribution < -0.4 is 10.6 Å². The minimum Gasteiger partial charge on any atom is -0.367 e. The summed E-state index contributed by atoms with van der Waals surface area (Å²) in [5.74, 6) is 0.188. The van der Waals surface area contributed by atoms with E-state index in [1.54, 1.807) is 6.92 Å². The fourth-order valence-electron chi connectivity index (χ4n) is 3.85. The predicted molar refractivity (Wildman–Crippen MR) is 80.5 cm³/mol. The van der Waals surface area contributed by atoms with Gasteiger partial charge in [0.05, 0.1) is 11.0 Å². The van der Waals surface area contributed by atoms with Gasteiger partial charge in [-0.15, -0.1) is 0 Å². The Bertz CT molecular complexity index is 748. The lowest BCUT2D eigenvalue weighted by molar-refractivity contribution is -0.132. The predicted octanol–water partition coefficient (Wildman–Crippen LogP) is 1.06. The Morgan fingerprint density at radius 2 is 1.81 bits per heavy atom. The number of carbonyl (C=O) groups is 1. The number of benzene rings is 1. The average Bonchev–Trinajstić information content (AvgIpc) is 2.94. The minimum absolute atomic E-state index is 0.177. The molecule has 6 heteroatoms. The molecule has 0 radical (unpaired) electrons. The van der Waals surface area contributed by atoms with Gasteiger partial charge in [0.1, 0.15) is 0 Å². The van der Waals surface area contributed by atoms with Crippen LogP contribution in [-0.2, 0) is 4.79 Å². The number of aromatic amines is 2. The number of nitrogens with one attached hydrogen (secondary N) is 2. The summed E-state index contributed by atoms with van der Waals surface area (Å²) >= 11 is 0. The third kappa shape index (κ3) is 1.93. The number of imidazole rings is 1. The fourth-order valence-corrected chi connectivity index (χ4v) is 3.85. The molecule has 2 atom stereocenters. The van der Waals surface area contributed by atoms with E-state index in [2.05, 4.69) is 14.9 Å². The Kier molecular flexibility index (Phi) is 2.60. The molecule has 0 aliphatic carbocycles. The third-order valence-corrected chi connectivity index (χ3v) is 4.71. The topological polar surface area (TPSA) is 72.2 Å². The smallest absolute Gasteiger partial charge is 0.323 e. The van der Waals surface area contributed by atoms with Crippen molar-refractivity contribution in [3.8, 4) is 0 Å². The van der Waals surface area contributed by atoms with Crippen molar-refractivity contribution in [2.24, 2.45) is 0 Å². The highest BCUT2D eigenvalue weighted by molar-refractivity contribution is 5.79. The van der Waals surface area contributed by atoms with Gasteiger partial charge in [0.25, 0.3) is 0 Å². The Labute approximate surface area is 121 Å². The Hall–Kier alpha value is -2.24. The summed E-state index contributed by atoms with van der Waals surface area (Å²) < 4.78 is 0. The summed E-state index contributed by atoms with van der Waals surface area (Å²) in [6.07, 6.45) is 2.17. The highest BCUT2D eigenvalue weighted by Crippen LogP contribution is 2.33. The van der Waals surface area contributed by atoms with Gasteiger partial charge in [-0.3, -0.25) is 4.79 Å². The van der Waals surface area contributed by atoms with E-state index in [1.807, 2.05) is 23.1 Å². The van der Waals surface area contributed by atoms with Crippen molar-refractivity contribution >= 4 is 22.6 Å². The molecule has 0 unspecified atom stereocenters. The summed E-state index contributed by atoms with van der Waals surface area (Å²) in [4.78, 5) is 33.0. The van der Waals surface area contributed by atoms with Crippen molar-refractivity contribution in [1.82, 2.24) is 14.9 Å². The molecule has 2 aromatic rings. The first-order valence-electron chi connectivity index (χ1n) is 7.38. The molecule has 1 aromatic carbocycles. The number of nitrogens with zero attached hydrogens (tertiary/aromatic N) is 2. The molecular weight excluding hydrogens is 268 g/mol. The van der Waals surface area contributed by atoms with Crippen LogP contribution in [0.15, 0.2) is 23.0 Å². The normalized spacial score (nSPS) is 24.8. The Morgan fingerprint density at radius 3 is 2.48 bits per heavy atom. The van der Waals surface area contributed by atoms with E-state index in [9.17, 15) is 9.59 Å². The summed E-state index contributed by atoms with van der Waals surface area (Å²) in [6, 6.07) is 6.62. The molecule has 21 heavy (non-hydrogen) atoms. The Balaban J connectivity index is 1.65. The van der Waals surface area contributed by atoms with Gasteiger partial charge in [0.2, 0.25) is 5.91 Å². The fraction of sp³-hybridized carbons (Fsp3) is 0.467. The van der Waals surface area contributed by atoms with Crippen molar-refractivity contribution in [3.05, 3.63) is 28.7 Å². The molecule has 6 nitrogen and oxygen atoms in total. The van der Waals surface area contributed by atoms with E-state index >= 15 is 0 Å². The highest BCUT2D eigenvalue weighted by atomic mass is 16.2. The second-order valence-corrected chi connectivity index (χ2v) is 6.03. The quantitative estimate of drug-likeness (QED) is 0.823. The number of H-pyrrole nitrogens is 2. The number of carbonyl (C=O) groups excluding carboxylic acids is 1. The van der Waals surface area contributed by atoms with Gasteiger partial charge >= 0.3 is 5.69 Å². The van der Waals surface area contributed by atoms with E-state index in [4.69, 9.17) is 0 Å². The third-order valence-electron chi connectivity index (χ3n) is 4.71. The van der Waals surface area contributed by atoms with Gasteiger partial charge in [-0.25, -0.2) is 4.79 Å². The average molecular weight is 286 g/mol. The largest absolute Gasteiger partial charge is 0.367 e. The van der Waals surface area contributed by atoms with Crippen LogP contribution in [0.25, 0.3) is 11.0 Å². The van der Waals surface area contributed by atoms with Crippen LogP contribution in [0.5, 0.6) is 0 Å². The molecule has 4 rings (SSSR count). The molecule has 2 aliphatic rings. The second-order valence-electron chi connectivity index (χ2n) is 6.03. The van der Waals surface area contributed by atoms with Crippen molar-refractivity contribution in [2.75, 3.05) is 18.0 Å². The number of hydrogen-bond acceptors (Lipinski definition) is 3. The molecule has 2 aliphatic heterocycles. The molecule has 1 aromatic heterocycles. The lowest BCUT2D eigenvalue weighted by Gasteiger charge is -2.41. The van der Waals surface area contributed by atoms with Crippen LogP contribution >= 0.6 is 0 Å². The first kappa shape index (κ1) is 12.5. The van der Waals surface area contributed by atoms with E-state index in [1.165, 1.54) is 0 Å². The first-order chi connectivity index (χ1) is 10.1. The van der Waals surface area contributed by atoms with Crippen molar-refractivity contribution in [2.45, 2.75) is 31.8 Å². The van der Waals surface area contributed by atoms with Crippen LogP contribution in [-0.4, -0.2) is 45.9 Å². The lowest BCUT2D eigenvalue weighted by Crippen LogP contribution is -2.55. The van der Waals surface area contributed by atoms with Gasteiger partial charge in [-0.2, -0.15) is 0 Å². The van der Waals surface area contributed by atoms with Gasteiger partial charge in [0, 0.05) is 37.8 Å². The summed E-state index contributed by atoms with van der Waals surface area (Å²) in [6.45, 7) is 3.41. The monoisotopic (exact) mass is 286 g/mol. The minimum atomic E-state index is -0.177.